The monoisotopic (exact) mass is 396 g/mol. The van der Waals surface area contributed by atoms with Gasteiger partial charge in [0.1, 0.15) is 5.69 Å². The summed E-state index contributed by atoms with van der Waals surface area (Å²) in [7, 11) is 4.92. The van der Waals surface area contributed by atoms with Gasteiger partial charge in [-0.15, -0.1) is 0 Å². The molecular weight excluding hydrogens is 373 g/mol. The van der Waals surface area contributed by atoms with E-state index in [9.17, 15) is 13.2 Å². The Morgan fingerprint density at radius 1 is 1.18 bits per heavy atom. The predicted octanol–water partition coefficient (Wildman–Crippen LogP) is 3.22. The highest BCUT2D eigenvalue weighted by molar-refractivity contribution is 5.43. The number of ether oxygens (including phenoxy) is 2. The van der Waals surface area contributed by atoms with Gasteiger partial charge >= 0.3 is 6.18 Å². The van der Waals surface area contributed by atoms with Gasteiger partial charge in [0, 0.05) is 38.9 Å². The van der Waals surface area contributed by atoms with Crippen LogP contribution in [0.25, 0.3) is 0 Å². The molecule has 0 N–H and O–H groups in total. The Balaban J connectivity index is 1.65. The molecule has 1 aromatic carbocycles. The van der Waals surface area contributed by atoms with Crippen LogP contribution in [-0.2, 0) is 12.7 Å². The first-order valence-electron chi connectivity index (χ1n) is 8.88. The Hall–Kier alpha value is -2.55. The topological polar surface area (TPSA) is 50.7 Å². The van der Waals surface area contributed by atoms with Crippen LogP contribution in [0.5, 0.6) is 11.5 Å². The van der Waals surface area contributed by atoms with Crippen LogP contribution in [0.4, 0.5) is 19.1 Å². The standard InChI is InChI=1S/C19H23F3N4O2/c1-25(18-23-8-6-17(24-18)19(20,21)22)14-7-9-26(12-14)11-13-4-5-15(27-2)16(10-13)28-3/h4-6,8,10,14H,7,9,11-12H2,1-3H3. The second-order valence-corrected chi connectivity index (χ2v) is 6.72. The molecule has 1 fully saturated rings. The Bertz CT molecular complexity index is 816. The molecule has 1 unspecified atom stereocenters. The van der Waals surface area contributed by atoms with Crippen molar-refractivity contribution in [3.05, 3.63) is 41.7 Å². The van der Waals surface area contributed by atoms with E-state index in [0.29, 0.717) is 24.6 Å². The van der Waals surface area contributed by atoms with Crippen LogP contribution in [0, 0.1) is 0 Å². The third kappa shape index (κ3) is 4.46. The lowest BCUT2D eigenvalue weighted by molar-refractivity contribution is -0.141. The molecule has 6 nitrogen and oxygen atoms in total. The summed E-state index contributed by atoms with van der Waals surface area (Å²) in [6.45, 7) is 2.26. The van der Waals surface area contributed by atoms with Gasteiger partial charge in [-0.2, -0.15) is 13.2 Å². The molecule has 2 heterocycles. The number of aromatic nitrogens is 2. The second-order valence-electron chi connectivity index (χ2n) is 6.72. The lowest BCUT2D eigenvalue weighted by atomic mass is 10.2. The summed E-state index contributed by atoms with van der Waals surface area (Å²) in [6.07, 6.45) is -2.50. The first-order chi connectivity index (χ1) is 13.3. The number of hydrogen-bond donors (Lipinski definition) is 0. The van der Waals surface area contributed by atoms with Gasteiger partial charge in [0.15, 0.2) is 11.5 Å². The highest BCUT2D eigenvalue weighted by Crippen LogP contribution is 2.30. The van der Waals surface area contributed by atoms with E-state index in [0.717, 1.165) is 30.8 Å². The van der Waals surface area contributed by atoms with Gasteiger partial charge in [-0.1, -0.05) is 6.07 Å². The van der Waals surface area contributed by atoms with Gasteiger partial charge in [0.05, 0.1) is 14.2 Å². The maximum absolute atomic E-state index is 12.9. The fraction of sp³-hybridized carbons (Fsp3) is 0.474. The third-order valence-electron chi connectivity index (χ3n) is 4.90. The summed E-state index contributed by atoms with van der Waals surface area (Å²) in [5.41, 5.74) is 0.154. The zero-order valence-electron chi connectivity index (χ0n) is 16.0. The van der Waals surface area contributed by atoms with Crippen molar-refractivity contribution in [2.24, 2.45) is 0 Å². The van der Waals surface area contributed by atoms with E-state index in [1.54, 1.807) is 26.2 Å². The van der Waals surface area contributed by atoms with E-state index < -0.39 is 11.9 Å². The van der Waals surface area contributed by atoms with E-state index in [4.69, 9.17) is 9.47 Å². The van der Waals surface area contributed by atoms with E-state index in [1.165, 1.54) is 0 Å². The van der Waals surface area contributed by atoms with Crippen LogP contribution in [0.2, 0.25) is 0 Å². The molecule has 0 amide bonds. The lowest BCUT2D eigenvalue weighted by Gasteiger charge is -2.25. The Kier molecular flexibility index (Phi) is 5.93. The minimum Gasteiger partial charge on any atom is -0.493 e. The smallest absolute Gasteiger partial charge is 0.433 e. The molecule has 1 aliphatic rings. The number of nitrogens with zero attached hydrogens (tertiary/aromatic N) is 4. The highest BCUT2D eigenvalue weighted by atomic mass is 19.4. The van der Waals surface area contributed by atoms with Gasteiger partial charge < -0.3 is 14.4 Å². The largest absolute Gasteiger partial charge is 0.493 e. The minimum absolute atomic E-state index is 0.0450. The number of methoxy groups -OCH3 is 2. The van der Waals surface area contributed by atoms with Gasteiger partial charge in [-0.05, 0) is 30.2 Å². The number of halogens is 3. The van der Waals surface area contributed by atoms with Crippen LogP contribution >= 0.6 is 0 Å². The molecule has 1 saturated heterocycles. The van der Waals surface area contributed by atoms with Crippen molar-refractivity contribution < 1.29 is 22.6 Å². The number of anilines is 1. The molecule has 152 valence electrons. The average Bonchev–Trinajstić information content (AvgIpc) is 3.15. The van der Waals surface area contributed by atoms with Gasteiger partial charge in [0.25, 0.3) is 0 Å². The van der Waals surface area contributed by atoms with E-state index in [2.05, 4.69) is 14.9 Å². The quantitative estimate of drug-likeness (QED) is 0.747. The summed E-state index contributed by atoms with van der Waals surface area (Å²) in [6, 6.07) is 6.71. The van der Waals surface area contributed by atoms with Crippen LogP contribution < -0.4 is 14.4 Å². The number of hydrogen-bond acceptors (Lipinski definition) is 6. The first-order valence-corrected chi connectivity index (χ1v) is 8.88. The molecule has 28 heavy (non-hydrogen) atoms. The number of rotatable bonds is 6. The Morgan fingerprint density at radius 3 is 2.61 bits per heavy atom. The third-order valence-corrected chi connectivity index (χ3v) is 4.90. The molecule has 0 aliphatic carbocycles. The highest BCUT2D eigenvalue weighted by Gasteiger charge is 2.34. The van der Waals surface area contributed by atoms with E-state index in [-0.39, 0.29) is 12.0 Å². The van der Waals surface area contributed by atoms with Crippen molar-refractivity contribution in [1.82, 2.24) is 14.9 Å². The fourth-order valence-electron chi connectivity index (χ4n) is 3.35. The van der Waals surface area contributed by atoms with Crippen LogP contribution in [0.3, 0.4) is 0 Å². The van der Waals surface area contributed by atoms with Gasteiger partial charge in [-0.25, -0.2) is 9.97 Å². The van der Waals surface area contributed by atoms with E-state index in [1.807, 2.05) is 18.2 Å². The number of benzene rings is 1. The summed E-state index contributed by atoms with van der Waals surface area (Å²) in [4.78, 5) is 11.7. The normalized spacial score (nSPS) is 17.6. The molecule has 0 radical (unpaired) electrons. The maximum atomic E-state index is 12.9. The molecule has 0 bridgehead atoms. The number of alkyl halides is 3. The molecule has 2 aromatic rings. The van der Waals surface area contributed by atoms with Crippen molar-refractivity contribution in [3.63, 3.8) is 0 Å². The van der Waals surface area contributed by atoms with Crippen molar-refractivity contribution in [2.45, 2.75) is 25.2 Å². The summed E-state index contributed by atoms with van der Waals surface area (Å²) in [5, 5.41) is 0. The summed E-state index contributed by atoms with van der Waals surface area (Å²) in [5.74, 6) is 1.44. The molecule has 3 rings (SSSR count). The summed E-state index contributed by atoms with van der Waals surface area (Å²) < 4.78 is 49.3. The fourth-order valence-corrected chi connectivity index (χ4v) is 3.35. The predicted molar refractivity (Wildman–Crippen MR) is 98.7 cm³/mol. The van der Waals surface area contributed by atoms with Crippen LogP contribution in [-0.4, -0.2) is 55.3 Å². The SMILES string of the molecule is COc1ccc(CN2CCC(N(C)c3nccc(C(F)(F)F)n3)C2)cc1OC. The average molecular weight is 396 g/mol. The minimum atomic E-state index is -4.48. The molecule has 1 aromatic heterocycles. The molecule has 1 aliphatic heterocycles. The van der Waals surface area contributed by atoms with Crippen molar-refractivity contribution >= 4 is 5.95 Å². The van der Waals surface area contributed by atoms with E-state index >= 15 is 0 Å². The first kappa shape index (κ1) is 20.2. The van der Waals surface area contributed by atoms with Crippen molar-refractivity contribution in [1.29, 1.82) is 0 Å². The van der Waals surface area contributed by atoms with Crippen molar-refractivity contribution in [2.75, 3.05) is 39.3 Å². The zero-order valence-corrected chi connectivity index (χ0v) is 16.0. The molecular formula is C19H23F3N4O2. The zero-order chi connectivity index (χ0) is 20.3. The Morgan fingerprint density at radius 2 is 1.93 bits per heavy atom. The summed E-state index contributed by atoms with van der Waals surface area (Å²) >= 11 is 0. The second kappa shape index (κ2) is 8.22. The maximum Gasteiger partial charge on any atom is 0.433 e. The molecule has 1 atom stereocenters. The van der Waals surface area contributed by atoms with Gasteiger partial charge in [0.2, 0.25) is 5.95 Å². The molecule has 0 saturated carbocycles. The Labute approximate surface area is 161 Å². The van der Waals surface area contributed by atoms with Crippen molar-refractivity contribution in [3.8, 4) is 11.5 Å². The number of likely N-dealkylation sites (N-methyl/N-ethyl adjacent to an activating group) is 1. The molecule has 9 heteroatoms. The van der Waals surface area contributed by atoms with Crippen LogP contribution in [0.1, 0.15) is 17.7 Å². The van der Waals surface area contributed by atoms with Gasteiger partial charge in [-0.3, -0.25) is 4.90 Å². The molecule has 0 spiro atoms. The lowest BCUT2D eigenvalue weighted by Crippen LogP contribution is -2.35. The van der Waals surface area contributed by atoms with Crippen LogP contribution in [0.15, 0.2) is 30.5 Å². The number of likely N-dealkylation sites (tertiary alicyclic amines) is 1.